The van der Waals surface area contributed by atoms with Crippen LogP contribution in [-0.2, 0) is 5.41 Å². The van der Waals surface area contributed by atoms with Gasteiger partial charge in [-0.25, -0.2) is 0 Å². The van der Waals surface area contributed by atoms with E-state index < -0.39 is 0 Å². The van der Waals surface area contributed by atoms with Crippen molar-refractivity contribution in [2.75, 3.05) is 0 Å². The largest absolute Gasteiger partial charge is 0.318 e. The number of rotatable bonds is 0. The Morgan fingerprint density at radius 2 is 1.67 bits per heavy atom. The lowest BCUT2D eigenvalue weighted by Crippen LogP contribution is -2.11. The third kappa shape index (κ3) is 3.77. The van der Waals surface area contributed by atoms with Gasteiger partial charge in [0, 0.05) is 5.56 Å². The Balaban J connectivity index is 2.88. The lowest BCUT2D eigenvalue weighted by atomic mass is 9.87. The summed E-state index contributed by atoms with van der Waals surface area (Å²) in [5.41, 5.74) is 8.12. The summed E-state index contributed by atoms with van der Waals surface area (Å²) in [6.45, 7) is 8.50. The van der Waals surface area contributed by atoms with Gasteiger partial charge in [-0.1, -0.05) is 44.7 Å². The van der Waals surface area contributed by atoms with Crippen LogP contribution in [0.25, 0.3) is 0 Å². The molecule has 1 rings (SSSR count). The van der Waals surface area contributed by atoms with Crippen molar-refractivity contribution in [1.82, 2.24) is 0 Å². The van der Waals surface area contributed by atoms with Crippen molar-refractivity contribution in [2.45, 2.75) is 39.2 Å². The number of nitrogens with two attached hydrogens (primary N) is 1. The van der Waals surface area contributed by atoms with E-state index in [4.69, 9.17) is 5.73 Å². The van der Waals surface area contributed by atoms with Crippen LogP contribution >= 0.6 is 0 Å². The number of hydrogen-bond acceptors (Lipinski definition) is 1. The summed E-state index contributed by atoms with van der Waals surface area (Å²) in [6.07, 6.45) is 0. The van der Waals surface area contributed by atoms with Gasteiger partial charge in [0.1, 0.15) is 0 Å². The van der Waals surface area contributed by atoms with E-state index in [0.29, 0.717) is 0 Å². The summed E-state index contributed by atoms with van der Waals surface area (Å²) in [7, 11) is 0. The molecule has 0 heterocycles. The zero-order chi connectivity index (χ0) is 11.5. The first kappa shape index (κ1) is 11.8. The zero-order valence-electron chi connectivity index (χ0n) is 9.96. The van der Waals surface area contributed by atoms with Crippen molar-refractivity contribution in [3.8, 4) is 11.8 Å². The van der Waals surface area contributed by atoms with Crippen LogP contribution in [-0.4, -0.2) is 6.04 Å². The van der Waals surface area contributed by atoms with Gasteiger partial charge in [-0.05, 0) is 30.0 Å². The summed E-state index contributed by atoms with van der Waals surface area (Å²) in [5.74, 6) is 6.00. The van der Waals surface area contributed by atoms with Crippen LogP contribution in [0.4, 0.5) is 0 Å². The molecule has 1 aromatic rings. The molecule has 0 radical (unpaired) electrons. The first-order chi connectivity index (χ1) is 6.89. The van der Waals surface area contributed by atoms with Gasteiger partial charge in [0.05, 0.1) is 6.04 Å². The summed E-state index contributed by atoms with van der Waals surface area (Å²) >= 11 is 0. The highest BCUT2D eigenvalue weighted by Crippen LogP contribution is 2.21. The Morgan fingerprint density at radius 1 is 1.13 bits per heavy atom. The van der Waals surface area contributed by atoms with E-state index in [9.17, 15) is 0 Å². The minimum absolute atomic E-state index is 0.0627. The van der Waals surface area contributed by atoms with Crippen LogP contribution in [0, 0.1) is 11.8 Å². The summed E-state index contributed by atoms with van der Waals surface area (Å²) in [4.78, 5) is 0. The van der Waals surface area contributed by atoms with E-state index in [1.807, 2.05) is 6.92 Å². The Bertz CT molecular complexity index is 369. The van der Waals surface area contributed by atoms with Gasteiger partial charge in [0.2, 0.25) is 0 Å². The lowest BCUT2D eigenvalue weighted by molar-refractivity contribution is 0.590. The maximum absolute atomic E-state index is 5.57. The number of benzene rings is 1. The molecular formula is C14H19N. The van der Waals surface area contributed by atoms with Crippen LogP contribution in [0.5, 0.6) is 0 Å². The van der Waals surface area contributed by atoms with Crippen LogP contribution in [0.3, 0.4) is 0 Å². The second-order valence-electron chi connectivity index (χ2n) is 4.89. The molecule has 1 atom stereocenters. The SMILES string of the molecule is CC(N)C#Cc1ccc(C(C)(C)C)cc1. The summed E-state index contributed by atoms with van der Waals surface area (Å²) in [6, 6.07) is 8.30. The lowest BCUT2D eigenvalue weighted by Gasteiger charge is -2.18. The molecule has 1 aromatic carbocycles. The molecule has 0 aliphatic carbocycles. The molecule has 15 heavy (non-hydrogen) atoms. The van der Waals surface area contributed by atoms with Gasteiger partial charge in [0.15, 0.2) is 0 Å². The third-order valence-corrected chi connectivity index (χ3v) is 2.20. The van der Waals surface area contributed by atoms with E-state index in [0.717, 1.165) is 5.56 Å². The Hall–Kier alpha value is -1.26. The zero-order valence-corrected chi connectivity index (χ0v) is 9.96. The molecule has 2 N–H and O–H groups in total. The molecule has 0 aliphatic rings. The van der Waals surface area contributed by atoms with Gasteiger partial charge in [0.25, 0.3) is 0 Å². The molecular weight excluding hydrogens is 182 g/mol. The van der Waals surface area contributed by atoms with Gasteiger partial charge in [-0.3, -0.25) is 0 Å². The smallest absolute Gasteiger partial charge is 0.0639 e. The van der Waals surface area contributed by atoms with Crippen LogP contribution in [0.15, 0.2) is 24.3 Å². The van der Waals surface area contributed by atoms with Crippen LogP contribution in [0.2, 0.25) is 0 Å². The average molecular weight is 201 g/mol. The normalized spacial score (nSPS) is 12.9. The molecule has 1 heteroatoms. The topological polar surface area (TPSA) is 26.0 Å². The molecule has 0 spiro atoms. The minimum atomic E-state index is -0.0627. The molecule has 0 saturated carbocycles. The predicted molar refractivity (Wildman–Crippen MR) is 65.7 cm³/mol. The molecule has 0 saturated heterocycles. The quantitative estimate of drug-likeness (QED) is 0.642. The fourth-order valence-electron chi connectivity index (χ4n) is 1.25. The molecule has 0 fully saturated rings. The van der Waals surface area contributed by atoms with E-state index in [1.165, 1.54) is 5.56 Å². The van der Waals surface area contributed by atoms with Crippen LogP contribution < -0.4 is 5.73 Å². The highest BCUT2D eigenvalue weighted by molar-refractivity contribution is 5.38. The Labute approximate surface area is 92.7 Å². The molecule has 0 amide bonds. The fraction of sp³-hybridized carbons (Fsp3) is 0.429. The van der Waals surface area contributed by atoms with E-state index >= 15 is 0 Å². The van der Waals surface area contributed by atoms with E-state index in [1.54, 1.807) is 0 Å². The molecule has 80 valence electrons. The van der Waals surface area contributed by atoms with Crippen molar-refractivity contribution in [3.63, 3.8) is 0 Å². The molecule has 0 aromatic heterocycles. The second-order valence-corrected chi connectivity index (χ2v) is 4.89. The molecule has 0 aliphatic heterocycles. The molecule has 1 unspecified atom stereocenters. The van der Waals surface area contributed by atoms with Gasteiger partial charge in [-0.2, -0.15) is 0 Å². The number of hydrogen-bond donors (Lipinski definition) is 1. The highest BCUT2D eigenvalue weighted by atomic mass is 14.6. The monoisotopic (exact) mass is 201 g/mol. The van der Waals surface area contributed by atoms with Gasteiger partial charge >= 0.3 is 0 Å². The van der Waals surface area contributed by atoms with Crippen molar-refractivity contribution >= 4 is 0 Å². The first-order valence-electron chi connectivity index (χ1n) is 5.27. The Kier molecular flexibility index (Phi) is 3.55. The van der Waals surface area contributed by atoms with Gasteiger partial charge < -0.3 is 5.73 Å². The third-order valence-electron chi connectivity index (χ3n) is 2.20. The minimum Gasteiger partial charge on any atom is -0.318 e. The summed E-state index contributed by atoms with van der Waals surface area (Å²) in [5, 5.41) is 0. The molecule has 1 nitrogen and oxygen atoms in total. The van der Waals surface area contributed by atoms with Crippen LogP contribution in [0.1, 0.15) is 38.8 Å². The summed E-state index contributed by atoms with van der Waals surface area (Å²) < 4.78 is 0. The van der Waals surface area contributed by atoms with Crippen molar-refractivity contribution in [3.05, 3.63) is 35.4 Å². The maximum atomic E-state index is 5.57. The Morgan fingerprint density at radius 3 is 2.07 bits per heavy atom. The standard InChI is InChI=1S/C14H19N/c1-11(15)5-6-12-7-9-13(10-8-12)14(2,3)4/h7-11H,15H2,1-4H3. The fourth-order valence-corrected chi connectivity index (χ4v) is 1.25. The van der Waals surface area contributed by atoms with Gasteiger partial charge in [-0.15, -0.1) is 0 Å². The maximum Gasteiger partial charge on any atom is 0.0639 e. The average Bonchev–Trinajstić information content (AvgIpc) is 2.14. The van der Waals surface area contributed by atoms with Crippen molar-refractivity contribution in [2.24, 2.45) is 5.73 Å². The van der Waals surface area contributed by atoms with Crippen molar-refractivity contribution in [1.29, 1.82) is 0 Å². The van der Waals surface area contributed by atoms with E-state index in [-0.39, 0.29) is 11.5 Å². The second kappa shape index (κ2) is 4.51. The molecule has 0 bridgehead atoms. The highest BCUT2D eigenvalue weighted by Gasteiger charge is 2.12. The first-order valence-corrected chi connectivity index (χ1v) is 5.27. The van der Waals surface area contributed by atoms with Crippen molar-refractivity contribution < 1.29 is 0 Å². The van der Waals surface area contributed by atoms with E-state index in [2.05, 4.69) is 56.9 Å². The predicted octanol–water partition coefficient (Wildman–Crippen LogP) is 2.68.